The molecule has 0 bridgehead atoms. The van der Waals surface area contributed by atoms with Gasteiger partial charge in [-0.3, -0.25) is 0 Å². The minimum absolute atomic E-state index is 0.00293. The molecule has 0 fully saturated rings. The molecule has 0 aliphatic heterocycles. The van der Waals surface area contributed by atoms with E-state index in [9.17, 15) is 18.0 Å². The van der Waals surface area contributed by atoms with Gasteiger partial charge in [0.25, 0.3) is 0 Å². The summed E-state index contributed by atoms with van der Waals surface area (Å²) >= 11 is 5.90. The second-order valence-electron chi connectivity index (χ2n) is 5.82. The lowest BCUT2D eigenvalue weighted by atomic mass is 10.1. The molecule has 28 heavy (non-hydrogen) atoms. The van der Waals surface area contributed by atoms with Crippen LogP contribution in [0.3, 0.4) is 0 Å². The average Bonchev–Trinajstić information content (AvgIpc) is 3.02. The van der Waals surface area contributed by atoms with Crippen molar-refractivity contribution in [3.8, 4) is 0 Å². The fourth-order valence-electron chi connectivity index (χ4n) is 2.60. The highest BCUT2D eigenvalue weighted by molar-refractivity contribution is 6.28. The fraction of sp³-hybridized carbons (Fsp3) is 0.235. The number of carbonyl (C=O) groups excluding carboxylic acids is 1. The summed E-state index contributed by atoms with van der Waals surface area (Å²) in [6.45, 7) is 1.88. The van der Waals surface area contributed by atoms with Crippen LogP contribution < -0.4 is 11.1 Å². The summed E-state index contributed by atoms with van der Waals surface area (Å²) in [5.41, 5.74) is 5.67. The van der Waals surface area contributed by atoms with E-state index >= 15 is 0 Å². The predicted molar refractivity (Wildman–Crippen MR) is 97.1 cm³/mol. The number of nitrogen functional groups attached to an aromatic ring is 1. The highest BCUT2D eigenvalue weighted by atomic mass is 35.5. The van der Waals surface area contributed by atoms with Gasteiger partial charge in [-0.15, -0.1) is 5.10 Å². The molecule has 7 nitrogen and oxygen atoms in total. The number of fused-ring (bicyclic) bond motifs is 1. The SMILES string of the molecule is CCOC(=O)c1cc2c(NCc3cc(N)cc(C(F)(F)F)c3)nc(Cl)nn2c1. The first-order valence-electron chi connectivity index (χ1n) is 8.11. The number of rotatable bonds is 5. The van der Waals surface area contributed by atoms with Gasteiger partial charge in [-0.25, -0.2) is 9.31 Å². The van der Waals surface area contributed by atoms with Gasteiger partial charge in [0.1, 0.15) is 5.52 Å². The quantitative estimate of drug-likeness (QED) is 0.488. The van der Waals surface area contributed by atoms with E-state index in [1.54, 1.807) is 6.92 Å². The van der Waals surface area contributed by atoms with E-state index in [2.05, 4.69) is 15.4 Å². The molecule has 0 aliphatic carbocycles. The maximum atomic E-state index is 13.0. The van der Waals surface area contributed by atoms with Crippen LogP contribution in [0.5, 0.6) is 0 Å². The lowest BCUT2D eigenvalue weighted by Crippen LogP contribution is -2.09. The molecule has 3 N–H and O–H groups in total. The lowest BCUT2D eigenvalue weighted by molar-refractivity contribution is -0.137. The van der Waals surface area contributed by atoms with Crippen molar-refractivity contribution in [1.82, 2.24) is 14.6 Å². The molecule has 1 aromatic carbocycles. The molecule has 0 amide bonds. The Labute approximate surface area is 162 Å². The number of nitrogens with zero attached hydrogens (tertiary/aromatic N) is 3. The zero-order valence-corrected chi connectivity index (χ0v) is 15.3. The molecule has 0 aliphatic rings. The van der Waals surface area contributed by atoms with Gasteiger partial charge in [-0.05, 0) is 48.4 Å². The highest BCUT2D eigenvalue weighted by Gasteiger charge is 2.31. The molecule has 3 rings (SSSR count). The summed E-state index contributed by atoms with van der Waals surface area (Å²) in [4.78, 5) is 15.9. The van der Waals surface area contributed by atoms with E-state index in [1.807, 2.05) is 0 Å². The van der Waals surface area contributed by atoms with Gasteiger partial charge in [0.15, 0.2) is 5.82 Å². The largest absolute Gasteiger partial charge is 0.462 e. The molecule has 11 heteroatoms. The van der Waals surface area contributed by atoms with Crippen LogP contribution in [0.4, 0.5) is 24.7 Å². The third kappa shape index (κ3) is 4.28. The van der Waals surface area contributed by atoms with Crippen molar-refractivity contribution in [2.75, 3.05) is 17.7 Å². The van der Waals surface area contributed by atoms with Crippen LogP contribution in [-0.4, -0.2) is 27.2 Å². The van der Waals surface area contributed by atoms with Crippen molar-refractivity contribution in [1.29, 1.82) is 0 Å². The Bertz CT molecular complexity index is 1040. The normalized spacial score (nSPS) is 11.6. The first-order chi connectivity index (χ1) is 13.2. The molecule has 2 aromatic heterocycles. The van der Waals surface area contributed by atoms with Crippen molar-refractivity contribution in [2.45, 2.75) is 19.6 Å². The number of ether oxygens (including phenoxy) is 1. The van der Waals surface area contributed by atoms with Crippen LogP contribution in [0, 0.1) is 0 Å². The smallest absolute Gasteiger partial charge is 0.416 e. The summed E-state index contributed by atoms with van der Waals surface area (Å²) in [6, 6.07) is 4.77. The number of hydrogen-bond donors (Lipinski definition) is 2. The summed E-state index contributed by atoms with van der Waals surface area (Å²) in [6.07, 6.45) is -3.08. The van der Waals surface area contributed by atoms with Gasteiger partial charge in [0.05, 0.1) is 17.7 Å². The van der Waals surface area contributed by atoms with E-state index in [-0.39, 0.29) is 35.5 Å². The molecule has 0 unspecified atom stereocenters. The molecule has 3 aromatic rings. The van der Waals surface area contributed by atoms with E-state index in [1.165, 1.54) is 22.8 Å². The summed E-state index contributed by atoms with van der Waals surface area (Å²) in [7, 11) is 0. The third-order valence-electron chi connectivity index (χ3n) is 3.75. The number of halogens is 4. The van der Waals surface area contributed by atoms with Gasteiger partial charge < -0.3 is 15.8 Å². The van der Waals surface area contributed by atoms with Gasteiger partial charge >= 0.3 is 12.1 Å². The molecule has 0 spiro atoms. The Morgan fingerprint density at radius 3 is 2.75 bits per heavy atom. The van der Waals surface area contributed by atoms with Crippen LogP contribution in [0.2, 0.25) is 5.28 Å². The summed E-state index contributed by atoms with van der Waals surface area (Å²) < 4.78 is 45.1. The minimum Gasteiger partial charge on any atom is -0.462 e. The fourth-order valence-corrected chi connectivity index (χ4v) is 2.76. The first-order valence-corrected chi connectivity index (χ1v) is 8.48. The maximum Gasteiger partial charge on any atom is 0.416 e. The van der Waals surface area contributed by atoms with Gasteiger partial charge in [-0.2, -0.15) is 18.2 Å². The molecule has 0 saturated heterocycles. The second kappa shape index (κ2) is 7.55. The topological polar surface area (TPSA) is 94.5 Å². The van der Waals surface area contributed by atoms with Crippen molar-refractivity contribution in [3.05, 3.63) is 52.4 Å². The minimum atomic E-state index is -4.51. The zero-order chi connectivity index (χ0) is 20.5. The van der Waals surface area contributed by atoms with Gasteiger partial charge in [0, 0.05) is 18.4 Å². The number of esters is 1. The Kier molecular flexibility index (Phi) is 5.32. The Morgan fingerprint density at radius 2 is 2.07 bits per heavy atom. The Morgan fingerprint density at radius 1 is 1.32 bits per heavy atom. The van der Waals surface area contributed by atoms with Crippen LogP contribution in [0.15, 0.2) is 30.5 Å². The number of alkyl halides is 3. The zero-order valence-electron chi connectivity index (χ0n) is 14.5. The molecule has 0 saturated carbocycles. The van der Waals surface area contributed by atoms with Crippen LogP contribution in [0.25, 0.3) is 5.52 Å². The van der Waals surface area contributed by atoms with Crippen molar-refractivity contribution >= 4 is 34.6 Å². The van der Waals surface area contributed by atoms with E-state index in [0.717, 1.165) is 12.1 Å². The number of carbonyl (C=O) groups is 1. The number of benzene rings is 1. The summed E-state index contributed by atoms with van der Waals surface area (Å²) in [5, 5.41) is 6.77. The number of hydrogen-bond acceptors (Lipinski definition) is 6. The molecule has 2 heterocycles. The van der Waals surface area contributed by atoms with E-state index in [0.29, 0.717) is 11.1 Å². The highest BCUT2D eigenvalue weighted by Crippen LogP contribution is 2.31. The van der Waals surface area contributed by atoms with Gasteiger partial charge in [-0.1, -0.05) is 0 Å². The van der Waals surface area contributed by atoms with Crippen molar-refractivity contribution in [2.24, 2.45) is 0 Å². The average molecular weight is 414 g/mol. The van der Waals surface area contributed by atoms with Crippen molar-refractivity contribution in [3.63, 3.8) is 0 Å². The molecule has 148 valence electrons. The molecular formula is C17H15ClF3N5O2. The number of nitrogens with one attached hydrogen (secondary N) is 1. The second-order valence-corrected chi connectivity index (χ2v) is 6.16. The van der Waals surface area contributed by atoms with E-state index in [4.69, 9.17) is 22.1 Å². The predicted octanol–water partition coefficient (Wildman–Crippen LogP) is 3.77. The number of anilines is 2. The van der Waals surface area contributed by atoms with Gasteiger partial charge in [0.2, 0.25) is 5.28 Å². The van der Waals surface area contributed by atoms with Crippen LogP contribution in [-0.2, 0) is 17.5 Å². The molecule has 0 radical (unpaired) electrons. The summed E-state index contributed by atoms with van der Waals surface area (Å²) in [5.74, 6) is -0.299. The number of aromatic nitrogens is 3. The molecule has 0 atom stereocenters. The maximum absolute atomic E-state index is 13.0. The first kappa shape index (κ1) is 19.7. The monoisotopic (exact) mass is 413 g/mol. The standard InChI is InChI=1S/C17H15ClF3N5O2/c1-2-28-15(27)10-5-13-14(24-16(18)25-26(13)8-10)23-7-9-3-11(17(19,20)21)6-12(22)4-9/h3-6,8H,2,7,22H2,1H3,(H,23,24,25). The Hall–Kier alpha value is -3.01. The molecular weight excluding hydrogens is 399 g/mol. The van der Waals surface area contributed by atoms with E-state index < -0.39 is 17.7 Å². The van der Waals surface area contributed by atoms with Crippen LogP contribution >= 0.6 is 11.6 Å². The van der Waals surface area contributed by atoms with Crippen LogP contribution in [0.1, 0.15) is 28.4 Å². The lowest BCUT2D eigenvalue weighted by Gasteiger charge is -2.12. The third-order valence-corrected chi connectivity index (χ3v) is 3.91. The Balaban J connectivity index is 1.90. The number of nitrogens with two attached hydrogens (primary N) is 1. The van der Waals surface area contributed by atoms with Crippen molar-refractivity contribution < 1.29 is 22.7 Å².